The van der Waals surface area contributed by atoms with Gasteiger partial charge < -0.3 is 10.1 Å². The average Bonchev–Trinajstić information content (AvgIpc) is 2.37. The third kappa shape index (κ3) is 3.54. The zero-order valence-corrected chi connectivity index (χ0v) is 11.3. The third-order valence-corrected chi connectivity index (χ3v) is 2.63. The van der Waals surface area contributed by atoms with E-state index in [1.807, 2.05) is 6.92 Å². The highest BCUT2D eigenvalue weighted by Gasteiger charge is 2.05. The van der Waals surface area contributed by atoms with Gasteiger partial charge in [-0.3, -0.25) is 0 Å². The molecule has 0 aliphatic rings. The summed E-state index contributed by atoms with van der Waals surface area (Å²) in [5, 5.41) is 3.32. The SMILES string of the molecule is CCc1nc(Cl)cc(Nc2cc(F)cc(OC)c2)n1. The first-order chi connectivity index (χ1) is 9.10. The van der Waals surface area contributed by atoms with E-state index in [0.29, 0.717) is 34.7 Å². The van der Waals surface area contributed by atoms with Gasteiger partial charge in [-0.05, 0) is 6.07 Å². The first-order valence-corrected chi connectivity index (χ1v) is 6.13. The second kappa shape index (κ2) is 5.84. The van der Waals surface area contributed by atoms with Crippen LogP contribution in [-0.2, 0) is 6.42 Å². The number of hydrogen-bond acceptors (Lipinski definition) is 4. The van der Waals surface area contributed by atoms with Crippen LogP contribution < -0.4 is 10.1 Å². The van der Waals surface area contributed by atoms with Crippen molar-refractivity contribution < 1.29 is 9.13 Å². The Morgan fingerprint density at radius 2 is 2.05 bits per heavy atom. The monoisotopic (exact) mass is 281 g/mol. The maximum Gasteiger partial charge on any atom is 0.135 e. The zero-order valence-electron chi connectivity index (χ0n) is 10.6. The largest absolute Gasteiger partial charge is 0.497 e. The van der Waals surface area contributed by atoms with Gasteiger partial charge in [0.1, 0.15) is 28.4 Å². The average molecular weight is 282 g/mol. The molecule has 0 aliphatic heterocycles. The van der Waals surface area contributed by atoms with E-state index in [0.717, 1.165) is 0 Å². The van der Waals surface area contributed by atoms with Gasteiger partial charge >= 0.3 is 0 Å². The number of aryl methyl sites for hydroxylation is 1. The Morgan fingerprint density at radius 1 is 1.26 bits per heavy atom. The lowest BCUT2D eigenvalue weighted by Crippen LogP contribution is -2.00. The molecule has 1 N–H and O–H groups in total. The Hall–Kier alpha value is -1.88. The summed E-state index contributed by atoms with van der Waals surface area (Å²) in [4.78, 5) is 8.32. The second-order valence-corrected chi connectivity index (χ2v) is 4.24. The molecular formula is C13H13ClFN3O. The van der Waals surface area contributed by atoms with E-state index < -0.39 is 5.82 Å². The molecule has 19 heavy (non-hydrogen) atoms. The zero-order chi connectivity index (χ0) is 13.8. The molecule has 1 heterocycles. The minimum atomic E-state index is -0.391. The maximum absolute atomic E-state index is 13.4. The molecule has 2 rings (SSSR count). The van der Waals surface area contributed by atoms with Crippen molar-refractivity contribution in [2.45, 2.75) is 13.3 Å². The predicted molar refractivity (Wildman–Crippen MR) is 72.7 cm³/mol. The molecule has 0 saturated heterocycles. The van der Waals surface area contributed by atoms with Gasteiger partial charge in [-0.1, -0.05) is 18.5 Å². The van der Waals surface area contributed by atoms with E-state index in [9.17, 15) is 4.39 Å². The lowest BCUT2D eigenvalue weighted by molar-refractivity contribution is 0.411. The van der Waals surface area contributed by atoms with E-state index in [1.165, 1.54) is 19.2 Å². The lowest BCUT2D eigenvalue weighted by Gasteiger charge is -2.09. The second-order valence-electron chi connectivity index (χ2n) is 3.85. The summed E-state index contributed by atoms with van der Waals surface area (Å²) in [6.07, 6.45) is 0.668. The molecule has 0 fully saturated rings. The van der Waals surface area contributed by atoms with Crippen molar-refractivity contribution in [2.75, 3.05) is 12.4 Å². The Labute approximate surface area is 115 Å². The van der Waals surface area contributed by atoms with Crippen LogP contribution in [0.3, 0.4) is 0 Å². The topological polar surface area (TPSA) is 47.0 Å². The van der Waals surface area contributed by atoms with Crippen molar-refractivity contribution in [2.24, 2.45) is 0 Å². The van der Waals surface area contributed by atoms with Gasteiger partial charge in [0, 0.05) is 30.3 Å². The minimum absolute atomic E-state index is 0.345. The molecular weight excluding hydrogens is 269 g/mol. The summed E-state index contributed by atoms with van der Waals surface area (Å²) in [6, 6.07) is 5.91. The number of benzene rings is 1. The van der Waals surface area contributed by atoms with E-state index >= 15 is 0 Å². The first kappa shape index (κ1) is 13.5. The van der Waals surface area contributed by atoms with Crippen LogP contribution >= 0.6 is 11.6 Å². The Morgan fingerprint density at radius 3 is 2.74 bits per heavy atom. The smallest absolute Gasteiger partial charge is 0.135 e. The molecule has 1 aromatic carbocycles. The molecule has 0 radical (unpaired) electrons. The van der Waals surface area contributed by atoms with Gasteiger partial charge in [-0.25, -0.2) is 14.4 Å². The summed E-state index contributed by atoms with van der Waals surface area (Å²) in [5.41, 5.74) is 0.536. The molecule has 0 spiro atoms. The van der Waals surface area contributed by atoms with Crippen molar-refractivity contribution in [1.29, 1.82) is 0 Å². The molecule has 0 atom stereocenters. The number of anilines is 2. The minimum Gasteiger partial charge on any atom is -0.497 e. The van der Waals surface area contributed by atoms with Crippen molar-refractivity contribution in [3.05, 3.63) is 41.1 Å². The van der Waals surface area contributed by atoms with Gasteiger partial charge in [0.15, 0.2) is 0 Å². The Bertz CT molecular complexity index is 541. The van der Waals surface area contributed by atoms with E-state index in [1.54, 1.807) is 12.1 Å². The van der Waals surface area contributed by atoms with Gasteiger partial charge in [-0.2, -0.15) is 0 Å². The van der Waals surface area contributed by atoms with Gasteiger partial charge in [0.25, 0.3) is 0 Å². The van der Waals surface area contributed by atoms with Gasteiger partial charge in [0.05, 0.1) is 7.11 Å². The fraction of sp³-hybridized carbons (Fsp3) is 0.231. The molecule has 0 unspecified atom stereocenters. The fourth-order valence-corrected chi connectivity index (χ4v) is 1.79. The van der Waals surface area contributed by atoms with Crippen LogP contribution in [0.5, 0.6) is 5.75 Å². The van der Waals surface area contributed by atoms with Crippen LogP contribution in [0, 0.1) is 5.82 Å². The molecule has 100 valence electrons. The number of aromatic nitrogens is 2. The quantitative estimate of drug-likeness (QED) is 0.870. The van der Waals surface area contributed by atoms with Gasteiger partial charge in [0.2, 0.25) is 0 Å². The fourth-order valence-electron chi connectivity index (χ4n) is 1.59. The van der Waals surface area contributed by atoms with Crippen molar-refractivity contribution in [1.82, 2.24) is 9.97 Å². The van der Waals surface area contributed by atoms with E-state index in [4.69, 9.17) is 16.3 Å². The highest BCUT2D eigenvalue weighted by atomic mass is 35.5. The number of rotatable bonds is 4. The normalized spacial score (nSPS) is 10.3. The standard InChI is InChI=1S/C13H13ClFN3O/c1-3-12-17-11(14)7-13(18-12)16-9-4-8(15)5-10(6-9)19-2/h4-7H,3H2,1-2H3,(H,16,17,18). The number of nitrogens with zero attached hydrogens (tertiary/aromatic N) is 2. The number of hydrogen-bond donors (Lipinski definition) is 1. The van der Waals surface area contributed by atoms with Crippen LogP contribution in [0.4, 0.5) is 15.9 Å². The van der Waals surface area contributed by atoms with Crippen molar-refractivity contribution in [3.8, 4) is 5.75 Å². The summed E-state index contributed by atoms with van der Waals surface area (Å²) in [7, 11) is 1.48. The molecule has 4 nitrogen and oxygen atoms in total. The lowest BCUT2D eigenvalue weighted by atomic mass is 10.3. The van der Waals surface area contributed by atoms with Crippen LogP contribution in [0.15, 0.2) is 24.3 Å². The number of ether oxygens (including phenoxy) is 1. The molecule has 0 aliphatic carbocycles. The van der Waals surface area contributed by atoms with Crippen LogP contribution in [0.25, 0.3) is 0 Å². The van der Waals surface area contributed by atoms with E-state index in [2.05, 4.69) is 15.3 Å². The predicted octanol–water partition coefficient (Wildman–Crippen LogP) is 3.58. The van der Waals surface area contributed by atoms with E-state index in [-0.39, 0.29) is 0 Å². The summed E-state index contributed by atoms with van der Waals surface area (Å²) in [6.45, 7) is 1.93. The molecule has 1 aromatic heterocycles. The Balaban J connectivity index is 2.30. The van der Waals surface area contributed by atoms with Crippen molar-refractivity contribution >= 4 is 23.1 Å². The highest BCUT2D eigenvalue weighted by Crippen LogP contribution is 2.23. The van der Waals surface area contributed by atoms with Gasteiger partial charge in [-0.15, -0.1) is 0 Å². The molecule has 2 aromatic rings. The number of halogens is 2. The van der Waals surface area contributed by atoms with Crippen LogP contribution in [-0.4, -0.2) is 17.1 Å². The first-order valence-electron chi connectivity index (χ1n) is 5.75. The van der Waals surface area contributed by atoms with Crippen LogP contribution in [0.2, 0.25) is 5.15 Å². The Kier molecular flexibility index (Phi) is 4.16. The summed E-state index contributed by atoms with van der Waals surface area (Å²) < 4.78 is 18.4. The number of nitrogens with one attached hydrogen (secondary N) is 1. The third-order valence-electron chi connectivity index (χ3n) is 2.44. The summed E-state index contributed by atoms with van der Waals surface area (Å²) in [5.74, 6) is 1.18. The molecule has 0 amide bonds. The highest BCUT2D eigenvalue weighted by molar-refractivity contribution is 6.29. The molecule has 6 heteroatoms. The molecule has 0 saturated carbocycles. The van der Waals surface area contributed by atoms with Crippen LogP contribution in [0.1, 0.15) is 12.7 Å². The number of methoxy groups -OCH3 is 1. The maximum atomic E-state index is 13.4. The van der Waals surface area contributed by atoms with Crippen molar-refractivity contribution in [3.63, 3.8) is 0 Å². The molecule has 0 bridgehead atoms. The summed E-state index contributed by atoms with van der Waals surface area (Å²) >= 11 is 5.89.